The molecule has 1 aromatic rings. The second kappa shape index (κ2) is 8.39. The zero-order valence-electron chi connectivity index (χ0n) is 16.7. The summed E-state index contributed by atoms with van der Waals surface area (Å²) in [4.78, 5) is 15.0. The third-order valence-electron chi connectivity index (χ3n) is 5.25. The molecule has 1 unspecified atom stereocenters. The Morgan fingerprint density at radius 2 is 2.21 bits per heavy atom. The number of esters is 1. The molecule has 0 bridgehead atoms. The molecule has 0 aliphatic carbocycles. The van der Waals surface area contributed by atoms with Crippen LogP contribution in [0.5, 0.6) is 0 Å². The Kier molecular flexibility index (Phi) is 5.93. The van der Waals surface area contributed by atoms with E-state index in [1.165, 1.54) is 11.3 Å². The second-order valence-corrected chi connectivity index (χ2v) is 7.09. The van der Waals surface area contributed by atoms with Gasteiger partial charge in [0.2, 0.25) is 5.88 Å². The molecule has 0 saturated carbocycles. The lowest BCUT2D eigenvalue weighted by atomic mass is 9.81. The maximum absolute atomic E-state index is 12.6. The molecule has 1 aromatic carbocycles. The van der Waals surface area contributed by atoms with Gasteiger partial charge >= 0.3 is 5.97 Å². The van der Waals surface area contributed by atoms with Crippen molar-refractivity contribution in [1.29, 1.82) is 5.26 Å². The normalized spacial score (nSPS) is 19.1. The third kappa shape index (κ3) is 3.57. The Balaban J connectivity index is 2.09. The van der Waals surface area contributed by atoms with Crippen molar-refractivity contribution in [2.45, 2.75) is 46.0 Å². The third-order valence-corrected chi connectivity index (χ3v) is 5.25. The van der Waals surface area contributed by atoms with Crippen LogP contribution in [0.15, 0.2) is 41.0 Å². The molecule has 2 aliphatic heterocycles. The van der Waals surface area contributed by atoms with Gasteiger partial charge in [0.15, 0.2) is 0 Å². The lowest BCUT2D eigenvalue weighted by molar-refractivity contribution is -0.139. The average Bonchev–Trinajstić information content (AvgIpc) is 2.67. The highest BCUT2D eigenvalue weighted by molar-refractivity contribution is 5.92. The van der Waals surface area contributed by atoms with Crippen LogP contribution < -0.4 is 10.6 Å². The minimum atomic E-state index is -0.579. The van der Waals surface area contributed by atoms with E-state index < -0.39 is 11.9 Å². The number of ether oxygens (including phenoxy) is 2. The zero-order chi connectivity index (χ0) is 20.3. The Morgan fingerprint density at radius 3 is 2.89 bits per heavy atom. The first kappa shape index (κ1) is 19.8. The first-order valence-electron chi connectivity index (χ1n) is 9.85. The predicted molar refractivity (Wildman–Crippen MR) is 107 cm³/mol. The Bertz CT molecular complexity index is 880. The number of hydrogen-bond donors (Lipinski definition) is 1. The first-order valence-corrected chi connectivity index (χ1v) is 9.85. The summed E-state index contributed by atoms with van der Waals surface area (Å²) in [6.45, 7) is 7.94. The number of rotatable bonds is 5. The van der Waals surface area contributed by atoms with Crippen LogP contribution in [0.4, 0.5) is 5.69 Å². The van der Waals surface area contributed by atoms with Crippen molar-refractivity contribution in [2.24, 2.45) is 5.73 Å². The molecule has 28 heavy (non-hydrogen) atoms. The van der Waals surface area contributed by atoms with Crippen molar-refractivity contribution < 1.29 is 14.3 Å². The van der Waals surface area contributed by atoms with Crippen molar-refractivity contribution >= 4 is 11.7 Å². The van der Waals surface area contributed by atoms with Crippen LogP contribution in [0, 0.1) is 11.3 Å². The Labute approximate surface area is 166 Å². The number of allylic oxidation sites excluding steroid dienone is 2. The number of nitriles is 1. The van der Waals surface area contributed by atoms with E-state index in [9.17, 15) is 10.1 Å². The molecule has 6 heteroatoms. The molecule has 0 radical (unpaired) electrons. The van der Waals surface area contributed by atoms with Crippen LogP contribution in [-0.2, 0) is 20.7 Å². The number of fused-ring (bicyclic) bond motifs is 1. The molecule has 2 aliphatic rings. The molecule has 0 fully saturated rings. The van der Waals surface area contributed by atoms with Gasteiger partial charge in [-0.25, -0.2) is 4.79 Å². The number of anilines is 1. The summed E-state index contributed by atoms with van der Waals surface area (Å²) < 4.78 is 10.7. The van der Waals surface area contributed by atoms with E-state index in [0.29, 0.717) is 11.3 Å². The van der Waals surface area contributed by atoms with E-state index in [-0.39, 0.29) is 18.1 Å². The summed E-state index contributed by atoms with van der Waals surface area (Å²) in [7, 11) is 0. The van der Waals surface area contributed by atoms with Gasteiger partial charge in [-0.15, -0.1) is 0 Å². The molecule has 0 amide bonds. The molecule has 2 N–H and O–H groups in total. The van der Waals surface area contributed by atoms with Crippen molar-refractivity contribution in [3.8, 4) is 6.07 Å². The highest BCUT2D eigenvalue weighted by Crippen LogP contribution is 2.41. The molecule has 1 atom stereocenters. The Morgan fingerprint density at radius 1 is 1.43 bits per heavy atom. The van der Waals surface area contributed by atoms with Gasteiger partial charge in [0.1, 0.15) is 17.4 Å². The summed E-state index contributed by atoms with van der Waals surface area (Å²) in [6.07, 6.45) is 3.16. The van der Waals surface area contributed by atoms with Crippen LogP contribution >= 0.6 is 0 Å². The number of hydrogen-bond acceptors (Lipinski definition) is 6. The average molecular weight is 381 g/mol. The van der Waals surface area contributed by atoms with Crippen LogP contribution in [0.3, 0.4) is 0 Å². The highest BCUT2D eigenvalue weighted by atomic mass is 16.5. The van der Waals surface area contributed by atoms with E-state index >= 15 is 0 Å². The quantitative estimate of drug-likeness (QED) is 0.786. The molecule has 0 saturated heterocycles. The number of nitrogens with zero attached hydrogens (tertiary/aromatic N) is 2. The van der Waals surface area contributed by atoms with E-state index in [1.54, 1.807) is 13.8 Å². The maximum atomic E-state index is 12.6. The van der Waals surface area contributed by atoms with Gasteiger partial charge in [-0.1, -0.05) is 19.1 Å². The fraction of sp³-hybridized carbons (Fsp3) is 0.455. The molecule has 6 nitrogen and oxygen atoms in total. The molecular weight excluding hydrogens is 354 g/mol. The van der Waals surface area contributed by atoms with Crippen molar-refractivity contribution in [3.63, 3.8) is 0 Å². The number of carbonyl (C=O) groups is 1. The van der Waals surface area contributed by atoms with E-state index in [1.807, 2.05) is 6.07 Å². The van der Waals surface area contributed by atoms with Crippen LogP contribution in [0.1, 0.15) is 50.7 Å². The molecule has 2 heterocycles. The minimum absolute atomic E-state index is 0.0448. The van der Waals surface area contributed by atoms with Gasteiger partial charge in [0.25, 0.3) is 0 Å². The number of benzene rings is 1. The van der Waals surface area contributed by atoms with Crippen molar-refractivity contribution in [3.05, 3.63) is 52.1 Å². The monoisotopic (exact) mass is 381 g/mol. The van der Waals surface area contributed by atoms with Gasteiger partial charge in [0, 0.05) is 18.8 Å². The summed E-state index contributed by atoms with van der Waals surface area (Å²) in [6, 6.07) is 8.32. The molecule has 0 aromatic heterocycles. The fourth-order valence-corrected chi connectivity index (χ4v) is 4.06. The topological polar surface area (TPSA) is 88.6 Å². The Hall–Kier alpha value is -2.94. The fourth-order valence-electron chi connectivity index (χ4n) is 4.06. The van der Waals surface area contributed by atoms with Crippen molar-refractivity contribution in [1.82, 2.24) is 0 Å². The van der Waals surface area contributed by atoms with E-state index in [2.05, 4.69) is 30.0 Å². The SMILES string of the molecule is CCCN1CCCc2cc(C3C(C#N)=C(N)OC(C)=C3C(=O)OCC)ccc21. The van der Waals surface area contributed by atoms with Gasteiger partial charge in [-0.05, 0) is 50.3 Å². The largest absolute Gasteiger partial charge is 0.463 e. The lowest BCUT2D eigenvalue weighted by Gasteiger charge is -2.33. The summed E-state index contributed by atoms with van der Waals surface area (Å²) in [5.74, 6) is -0.631. The predicted octanol–water partition coefficient (Wildman–Crippen LogP) is 3.49. The first-order chi connectivity index (χ1) is 13.5. The second-order valence-electron chi connectivity index (χ2n) is 7.09. The number of carbonyl (C=O) groups excluding carboxylic acids is 1. The summed E-state index contributed by atoms with van der Waals surface area (Å²) >= 11 is 0. The van der Waals surface area contributed by atoms with E-state index in [4.69, 9.17) is 15.2 Å². The standard InChI is InChI=1S/C22H27N3O3/c1-4-10-25-11-6-7-15-12-16(8-9-18(15)25)20-17(13-23)21(24)28-14(3)19(20)22(26)27-5-2/h8-9,12,20H,4-7,10-11,24H2,1-3H3. The van der Waals surface area contributed by atoms with Gasteiger partial charge < -0.3 is 20.1 Å². The summed E-state index contributed by atoms with van der Waals surface area (Å²) in [5.41, 5.74) is 9.90. The minimum Gasteiger partial charge on any atom is -0.463 e. The highest BCUT2D eigenvalue weighted by Gasteiger charge is 2.36. The number of nitrogens with two attached hydrogens (primary N) is 1. The number of aryl methyl sites for hydroxylation is 1. The van der Waals surface area contributed by atoms with Crippen LogP contribution in [0.25, 0.3) is 0 Å². The van der Waals surface area contributed by atoms with Crippen LogP contribution in [0.2, 0.25) is 0 Å². The van der Waals surface area contributed by atoms with Gasteiger partial charge in [0.05, 0.1) is 18.1 Å². The van der Waals surface area contributed by atoms with Crippen molar-refractivity contribution in [2.75, 3.05) is 24.6 Å². The molecule has 0 spiro atoms. The molecular formula is C22H27N3O3. The van der Waals surface area contributed by atoms with Gasteiger partial charge in [-0.2, -0.15) is 5.26 Å². The lowest BCUT2D eigenvalue weighted by Crippen LogP contribution is -2.30. The van der Waals surface area contributed by atoms with E-state index in [0.717, 1.165) is 37.9 Å². The van der Waals surface area contributed by atoms with Gasteiger partial charge in [-0.3, -0.25) is 0 Å². The van der Waals surface area contributed by atoms with Crippen LogP contribution in [-0.4, -0.2) is 25.7 Å². The molecule has 148 valence electrons. The smallest absolute Gasteiger partial charge is 0.338 e. The maximum Gasteiger partial charge on any atom is 0.338 e. The molecule has 3 rings (SSSR count). The zero-order valence-corrected chi connectivity index (χ0v) is 16.7. The summed E-state index contributed by atoms with van der Waals surface area (Å²) in [5, 5.41) is 9.71.